The molecule has 1 fully saturated rings. The Kier molecular flexibility index (Phi) is 6.40. The number of likely N-dealkylation sites (N-methyl/N-ethyl adjacent to an activating group) is 1. The van der Waals surface area contributed by atoms with Crippen molar-refractivity contribution in [3.8, 4) is 0 Å². The average molecular weight is 484 g/mol. The van der Waals surface area contributed by atoms with E-state index in [0.717, 1.165) is 34.5 Å². The fourth-order valence-electron chi connectivity index (χ4n) is 2.72. The number of carboxylic acids is 2. The maximum Gasteiger partial charge on any atom is 0.335 e. The van der Waals surface area contributed by atoms with Crippen molar-refractivity contribution in [2.75, 3.05) is 25.0 Å². The summed E-state index contributed by atoms with van der Waals surface area (Å²) in [6.07, 6.45) is -1.08. The van der Waals surface area contributed by atoms with Gasteiger partial charge in [-0.3, -0.25) is 4.40 Å². The molecule has 3 aromatic rings. The van der Waals surface area contributed by atoms with Gasteiger partial charge < -0.3 is 30.6 Å². The molecular formula is C16H18BrN7O6. The first-order chi connectivity index (χ1) is 14.2. The summed E-state index contributed by atoms with van der Waals surface area (Å²) in [5.74, 6) is -2.69. The second-order valence-electron chi connectivity index (χ2n) is 6.41. The van der Waals surface area contributed by atoms with Crippen LogP contribution in [-0.2, 0) is 9.59 Å². The van der Waals surface area contributed by atoms with E-state index in [1.54, 1.807) is 12.5 Å². The lowest BCUT2D eigenvalue weighted by atomic mass is 10.1. The molecule has 0 unspecified atom stereocenters. The zero-order valence-electron chi connectivity index (χ0n) is 15.5. The van der Waals surface area contributed by atoms with Crippen molar-refractivity contribution in [1.82, 2.24) is 29.9 Å². The van der Waals surface area contributed by atoms with E-state index in [4.69, 9.17) is 20.4 Å². The smallest absolute Gasteiger partial charge is 0.335 e. The number of nitrogens with one attached hydrogen (secondary N) is 1. The molecule has 0 saturated carbocycles. The molecule has 0 spiro atoms. The molecule has 0 radical (unpaired) electrons. The number of rotatable bonds is 5. The summed E-state index contributed by atoms with van der Waals surface area (Å²) in [5, 5.41) is 44.0. The van der Waals surface area contributed by atoms with Gasteiger partial charge in [0.1, 0.15) is 6.33 Å². The number of pyridine rings is 1. The Morgan fingerprint density at radius 2 is 1.87 bits per heavy atom. The summed E-state index contributed by atoms with van der Waals surface area (Å²) < 4.78 is 2.84. The van der Waals surface area contributed by atoms with Crippen LogP contribution in [0, 0.1) is 0 Å². The largest absolute Gasteiger partial charge is 0.479 e. The van der Waals surface area contributed by atoms with E-state index in [-0.39, 0.29) is 0 Å². The number of nitrogens with zero attached hydrogens (tertiary/aromatic N) is 6. The number of hydrogen-bond donors (Lipinski definition) is 5. The van der Waals surface area contributed by atoms with Crippen molar-refractivity contribution in [2.24, 2.45) is 0 Å². The van der Waals surface area contributed by atoms with Gasteiger partial charge in [0.05, 0.1) is 5.52 Å². The molecule has 2 atom stereocenters. The predicted molar refractivity (Wildman–Crippen MR) is 106 cm³/mol. The summed E-state index contributed by atoms with van der Waals surface area (Å²) in [7, 11) is 1.97. The van der Waals surface area contributed by atoms with Gasteiger partial charge in [0, 0.05) is 29.8 Å². The van der Waals surface area contributed by atoms with Crippen LogP contribution in [-0.4, -0.2) is 95.3 Å². The molecule has 0 aliphatic carbocycles. The van der Waals surface area contributed by atoms with Crippen molar-refractivity contribution in [1.29, 1.82) is 0 Å². The van der Waals surface area contributed by atoms with Crippen molar-refractivity contribution >= 4 is 50.5 Å². The monoisotopic (exact) mass is 483 g/mol. The lowest BCUT2D eigenvalue weighted by Crippen LogP contribution is -2.57. The number of carboxylic acid groups (broad SMARTS) is 2. The van der Waals surface area contributed by atoms with Crippen LogP contribution in [0.4, 0.5) is 5.82 Å². The highest BCUT2D eigenvalue weighted by Gasteiger charge is 2.30. The fourth-order valence-corrected chi connectivity index (χ4v) is 3.03. The molecule has 0 bridgehead atoms. The molecule has 0 amide bonds. The van der Waals surface area contributed by atoms with Crippen LogP contribution in [0.15, 0.2) is 23.1 Å². The van der Waals surface area contributed by atoms with Crippen LogP contribution in [0.1, 0.15) is 0 Å². The van der Waals surface area contributed by atoms with E-state index in [1.807, 2.05) is 17.5 Å². The van der Waals surface area contributed by atoms with E-state index < -0.39 is 24.1 Å². The maximum absolute atomic E-state index is 9.77. The van der Waals surface area contributed by atoms with Gasteiger partial charge in [-0.05, 0) is 29.0 Å². The molecule has 13 nitrogen and oxygen atoms in total. The van der Waals surface area contributed by atoms with Crippen LogP contribution in [0.5, 0.6) is 0 Å². The Hall–Kier alpha value is -2.94. The van der Waals surface area contributed by atoms with Gasteiger partial charge in [-0.1, -0.05) is 0 Å². The minimum Gasteiger partial charge on any atom is -0.479 e. The van der Waals surface area contributed by atoms with Gasteiger partial charge in [-0.15, -0.1) is 10.2 Å². The Morgan fingerprint density at radius 3 is 2.43 bits per heavy atom. The standard InChI is InChI=1S/C12H12BrN7.C4H6O6/c1-14-8-4-19(5-8)11-12-18-16-6-20(12)9-2-7(13)3-15-10(9)17-11;5-1(3(7)8)2(6)4(9)10/h2-3,6,8,14H,4-5H2,1H3;1-2,5-6H,(H,7,8)(H,9,10)/t;1-,2-/m.1/s1. The molecular weight excluding hydrogens is 466 g/mol. The summed E-state index contributed by atoms with van der Waals surface area (Å²) >= 11 is 3.43. The average Bonchev–Trinajstić information content (AvgIpc) is 3.17. The van der Waals surface area contributed by atoms with Crippen molar-refractivity contribution in [3.05, 3.63) is 23.1 Å². The Balaban J connectivity index is 0.000000220. The molecule has 4 rings (SSSR count). The third kappa shape index (κ3) is 4.30. The zero-order chi connectivity index (χ0) is 22.0. The molecule has 0 aromatic carbocycles. The maximum atomic E-state index is 9.77. The first-order valence-electron chi connectivity index (χ1n) is 8.62. The van der Waals surface area contributed by atoms with Crippen LogP contribution in [0.2, 0.25) is 0 Å². The first-order valence-corrected chi connectivity index (χ1v) is 9.41. The number of aromatic nitrogens is 5. The summed E-state index contributed by atoms with van der Waals surface area (Å²) in [5.41, 5.74) is 2.36. The summed E-state index contributed by atoms with van der Waals surface area (Å²) in [6.45, 7) is 1.85. The van der Waals surface area contributed by atoms with Gasteiger partial charge in [-0.25, -0.2) is 19.6 Å². The van der Waals surface area contributed by atoms with Crippen LogP contribution in [0.3, 0.4) is 0 Å². The molecule has 1 aliphatic rings. The quantitative estimate of drug-likeness (QED) is 0.289. The SMILES string of the molecule is CNC1CN(c2nc3ncc(Br)cc3n3cnnc23)C1.O=C(O)[C@H](O)[C@@H](O)C(=O)O. The number of aliphatic carboxylic acids is 2. The number of fused-ring (bicyclic) bond motifs is 3. The fraction of sp³-hybridized carbons (Fsp3) is 0.375. The molecule has 1 aliphatic heterocycles. The molecule has 5 N–H and O–H groups in total. The van der Waals surface area contributed by atoms with Crippen molar-refractivity contribution in [3.63, 3.8) is 0 Å². The van der Waals surface area contributed by atoms with Crippen LogP contribution >= 0.6 is 15.9 Å². The first kappa shape index (κ1) is 21.8. The summed E-state index contributed by atoms with van der Waals surface area (Å²) in [4.78, 5) is 30.8. The number of hydrogen-bond acceptors (Lipinski definition) is 10. The van der Waals surface area contributed by atoms with E-state index >= 15 is 0 Å². The van der Waals surface area contributed by atoms with Gasteiger partial charge in [0.25, 0.3) is 0 Å². The number of anilines is 1. The van der Waals surface area contributed by atoms with E-state index in [1.165, 1.54) is 0 Å². The van der Waals surface area contributed by atoms with Crippen molar-refractivity contribution < 1.29 is 30.0 Å². The van der Waals surface area contributed by atoms with E-state index in [2.05, 4.69) is 46.3 Å². The third-order valence-electron chi connectivity index (χ3n) is 4.43. The molecule has 160 valence electrons. The highest BCUT2D eigenvalue weighted by atomic mass is 79.9. The number of halogens is 1. The lowest BCUT2D eigenvalue weighted by Gasteiger charge is -2.39. The minimum atomic E-state index is -2.27. The van der Waals surface area contributed by atoms with Gasteiger partial charge in [-0.2, -0.15) is 0 Å². The van der Waals surface area contributed by atoms with Crippen molar-refractivity contribution in [2.45, 2.75) is 18.2 Å². The lowest BCUT2D eigenvalue weighted by molar-refractivity contribution is -0.165. The highest BCUT2D eigenvalue weighted by Crippen LogP contribution is 2.26. The molecule has 14 heteroatoms. The van der Waals surface area contributed by atoms with Gasteiger partial charge in [0.15, 0.2) is 23.7 Å². The third-order valence-corrected chi connectivity index (χ3v) is 4.86. The molecule has 3 aromatic heterocycles. The number of aliphatic hydroxyl groups excluding tert-OH is 2. The van der Waals surface area contributed by atoms with Crippen LogP contribution < -0.4 is 10.2 Å². The second-order valence-corrected chi connectivity index (χ2v) is 7.33. The Bertz CT molecular complexity index is 1070. The zero-order valence-corrected chi connectivity index (χ0v) is 17.1. The molecule has 4 heterocycles. The Morgan fingerprint density at radius 1 is 1.23 bits per heavy atom. The van der Waals surface area contributed by atoms with Crippen LogP contribution in [0.25, 0.3) is 16.8 Å². The summed E-state index contributed by atoms with van der Waals surface area (Å²) in [6, 6.07) is 2.48. The minimum absolute atomic E-state index is 0.508. The molecule has 30 heavy (non-hydrogen) atoms. The highest BCUT2D eigenvalue weighted by molar-refractivity contribution is 9.10. The predicted octanol–water partition coefficient (Wildman–Crippen LogP) is -1.28. The van der Waals surface area contributed by atoms with E-state index in [0.29, 0.717) is 11.7 Å². The number of carbonyl (C=O) groups is 2. The topological polar surface area (TPSA) is 186 Å². The normalized spacial score (nSPS) is 15.9. The number of aliphatic hydroxyl groups is 2. The molecule has 1 saturated heterocycles. The van der Waals surface area contributed by atoms with E-state index in [9.17, 15) is 9.59 Å². The van der Waals surface area contributed by atoms with Gasteiger partial charge in [0.2, 0.25) is 5.65 Å². The Labute approximate surface area is 177 Å². The van der Waals surface area contributed by atoms with Gasteiger partial charge >= 0.3 is 11.9 Å². The second kappa shape index (κ2) is 8.83.